The van der Waals surface area contributed by atoms with E-state index in [4.69, 9.17) is 10.8 Å². The van der Waals surface area contributed by atoms with Crippen LogP contribution in [0.3, 0.4) is 0 Å². The molecule has 3 N–H and O–H groups in total. The molecule has 0 rings (SSSR count). The molecule has 148 valence electrons. The molecule has 0 amide bonds. The maximum absolute atomic E-state index is 9.09. The minimum Gasteiger partial charge on any atom is -0.394 e. The van der Waals surface area contributed by atoms with E-state index < -0.39 is 0 Å². The Morgan fingerprint density at radius 2 is 0.917 bits per heavy atom. The lowest BCUT2D eigenvalue weighted by molar-refractivity contribution is 0.197. The number of aliphatic hydroxyl groups excluding tert-OH is 1. The van der Waals surface area contributed by atoms with Gasteiger partial charge in [0.05, 0.1) is 6.61 Å². The Morgan fingerprint density at radius 3 is 1.21 bits per heavy atom. The normalized spacial score (nSPS) is 13.5. The number of nitrogens with two attached hydrogens (primary N) is 1. The number of halogens is 1. The highest BCUT2D eigenvalue weighted by Crippen LogP contribution is 2.15. The van der Waals surface area contributed by atoms with Gasteiger partial charge in [0.1, 0.15) is 0 Å². The average molecular weight is 364 g/mol. The molecular formula is C21H46ClNO. The van der Waals surface area contributed by atoms with Crippen molar-refractivity contribution in [1.29, 1.82) is 0 Å². The molecule has 0 fully saturated rings. The summed E-state index contributed by atoms with van der Waals surface area (Å²) in [7, 11) is 0. The molecule has 0 aliphatic carbocycles. The van der Waals surface area contributed by atoms with Gasteiger partial charge in [-0.3, -0.25) is 0 Å². The van der Waals surface area contributed by atoms with Gasteiger partial charge in [0.25, 0.3) is 0 Å². The highest BCUT2D eigenvalue weighted by molar-refractivity contribution is 5.85. The number of hydrogen-bond acceptors (Lipinski definition) is 2. The lowest BCUT2D eigenvalue weighted by Gasteiger charge is -2.21. The van der Waals surface area contributed by atoms with Gasteiger partial charge in [-0.2, -0.15) is 0 Å². The molecule has 0 aromatic carbocycles. The molecule has 0 aliphatic rings. The molecule has 1 unspecified atom stereocenters. The molecule has 0 saturated heterocycles. The van der Waals surface area contributed by atoms with Crippen LogP contribution in [0.4, 0.5) is 0 Å². The van der Waals surface area contributed by atoms with Crippen LogP contribution >= 0.6 is 12.4 Å². The molecule has 0 aromatic heterocycles. The van der Waals surface area contributed by atoms with Gasteiger partial charge in [-0.25, -0.2) is 0 Å². The Hall–Kier alpha value is 0.210. The first-order valence-corrected chi connectivity index (χ1v) is 10.5. The second-order valence-electron chi connectivity index (χ2n) is 7.87. The molecule has 0 radical (unpaired) electrons. The number of hydrogen-bond donors (Lipinski definition) is 2. The SMILES string of the molecule is CCCCCCCCCCCCCCCCCCC(C)(N)CO.Cl. The van der Waals surface area contributed by atoms with Crippen molar-refractivity contribution in [1.82, 2.24) is 0 Å². The van der Waals surface area contributed by atoms with Crippen molar-refractivity contribution in [3.8, 4) is 0 Å². The fourth-order valence-corrected chi connectivity index (χ4v) is 3.16. The summed E-state index contributed by atoms with van der Waals surface area (Å²) in [6.07, 6.45) is 23.3. The van der Waals surface area contributed by atoms with Crippen LogP contribution < -0.4 is 5.73 Å². The van der Waals surface area contributed by atoms with Crippen LogP contribution in [0, 0.1) is 0 Å². The summed E-state index contributed by atoms with van der Waals surface area (Å²) in [6.45, 7) is 4.33. The third-order valence-corrected chi connectivity index (χ3v) is 4.96. The maximum Gasteiger partial charge on any atom is 0.0608 e. The smallest absolute Gasteiger partial charge is 0.0608 e. The summed E-state index contributed by atoms with van der Waals surface area (Å²) in [5.41, 5.74) is 5.56. The fourth-order valence-electron chi connectivity index (χ4n) is 3.16. The summed E-state index contributed by atoms with van der Waals surface area (Å²) in [5.74, 6) is 0. The van der Waals surface area contributed by atoms with Crippen molar-refractivity contribution in [3.05, 3.63) is 0 Å². The third kappa shape index (κ3) is 20.3. The van der Waals surface area contributed by atoms with Gasteiger partial charge >= 0.3 is 0 Å². The largest absolute Gasteiger partial charge is 0.394 e. The van der Waals surface area contributed by atoms with Gasteiger partial charge in [-0.15, -0.1) is 12.4 Å². The molecule has 0 spiro atoms. The van der Waals surface area contributed by atoms with Gasteiger partial charge in [0.15, 0.2) is 0 Å². The van der Waals surface area contributed by atoms with E-state index in [1.165, 1.54) is 96.3 Å². The molecule has 0 saturated carbocycles. The Morgan fingerprint density at radius 1 is 0.625 bits per heavy atom. The first-order valence-electron chi connectivity index (χ1n) is 10.5. The minimum atomic E-state index is -0.365. The van der Waals surface area contributed by atoms with Crippen LogP contribution in [-0.4, -0.2) is 17.3 Å². The fraction of sp³-hybridized carbons (Fsp3) is 1.00. The average Bonchev–Trinajstić information content (AvgIpc) is 2.54. The van der Waals surface area contributed by atoms with E-state index in [9.17, 15) is 0 Å². The summed E-state index contributed by atoms with van der Waals surface area (Å²) in [5, 5.41) is 9.09. The highest BCUT2D eigenvalue weighted by Gasteiger charge is 2.15. The first-order chi connectivity index (χ1) is 11.1. The lowest BCUT2D eigenvalue weighted by atomic mass is 9.96. The van der Waals surface area contributed by atoms with E-state index in [1.54, 1.807) is 0 Å². The minimum absolute atomic E-state index is 0. The Kier molecular flexibility index (Phi) is 21.5. The van der Waals surface area contributed by atoms with E-state index in [2.05, 4.69) is 6.92 Å². The Balaban J connectivity index is 0. The van der Waals surface area contributed by atoms with Crippen molar-refractivity contribution in [2.24, 2.45) is 5.73 Å². The Bertz CT molecular complexity index is 234. The summed E-state index contributed by atoms with van der Waals surface area (Å²) < 4.78 is 0. The summed E-state index contributed by atoms with van der Waals surface area (Å²) in [6, 6.07) is 0. The quantitative estimate of drug-likeness (QED) is 0.264. The number of aliphatic hydroxyl groups is 1. The molecule has 0 bridgehead atoms. The zero-order valence-electron chi connectivity index (χ0n) is 16.7. The van der Waals surface area contributed by atoms with Gasteiger partial charge in [0, 0.05) is 5.54 Å². The van der Waals surface area contributed by atoms with Crippen LogP contribution in [0.15, 0.2) is 0 Å². The van der Waals surface area contributed by atoms with Crippen molar-refractivity contribution < 1.29 is 5.11 Å². The number of rotatable bonds is 18. The summed E-state index contributed by atoms with van der Waals surface area (Å²) >= 11 is 0. The second kappa shape index (κ2) is 19.5. The summed E-state index contributed by atoms with van der Waals surface area (Å²) in [4.78, 5) is 0. The highest BCUT2D eigenvalue weighted by atomic mass is 35.5. The maximum atomic E-state index is 9.09. The van der Waals surface area contributed by atoms with Gasteiger partial charge < -0.3 is 10.8 Å². The molecule has 24 heavy (non-hydrogen) atoms. The molecular weight excluding hydrogens is 318 g/mol. The van der Waals surface area contributed by atoms with Gasteiger partial charge in [-0.1, -0.05) is 110 Å². The van der Waals surface area contributed by atoms with Gasteiger partial charge in [-0.05, 0) is 13.3 Å². The molecule has 1 atom stereocenters. The van der Waals surface area contributed by atoms with Crippen LogP contribution in [0.1, 0.15) is 123 Å². The van der Waals surface area contributed by atoms with E-state index in [0.717, 1.165) is 12.8 Å². The van der Waals surface area contributed by atoms with Crippen molar-refractivity contribution >= 4 is 12.4 Å². The van der Waals surface area contributed by atoms with E-state index in [-0.39, 0.29) is 24.6 Å². The predicted octanol–water partition coefficient (Wildman–Crippen LogP) is 6.77. The van der Waals surface area contributed by atoms with E-state index in [0.29, 0.717) is 0 Å². The van der Waals surface area contributed by atoms with Crippen molar-refractivity contribution in [2.45, 2.75) is 129 Å². The molecule has 0 heterocycles. The zero-order chi connectivity index (χ0) is 17.2. The first kappa shape index (κ1) is 26.4. The van der Waals surface area contributed by atoms with Crippen LogP contribution in [0.2, 0.25) is 0 Å². The topological polar surface area (TPSA) is 46.2 Å². The third-order valence-electron chi connectivity index (χ3n) is 4.96. The number of unbranched alkanes of at least 4 members (excludes halogenated alkanes) is 15. The zero-order valence-corrected chi connectivity index (χ0v) is 17.5. The van der Waals surface area contributed by atoms with Crippen LogP contribution in [-0.2, 0) is 0 Å². The second-order valence-corrected chi connectivity index (χ2v) is 7.87. The van der Waals surface area contributed by atoms with E-state index >= 15 is 0 Å². The van der Waals surface area contributed by atoms with Crippen molar-refractivity contribution in [2.75, 3.05) is 6.61 Å². The molecule has 2 nitrogen and oxygen atoms in total. The Labute approximate surface area is 158 Å². The standard InChI is InChI=1S/C21H45NO.ClH/c1-3-4-5-6-7-8-9-10-11-12-13-14-15-16-17-18-19-21(2,22)20-23;/h23H,3-20,22H2,1-2H3;1H. The molecule has 0 aliphatic heterocycles. The molecule has 3 heteroatoms. The van der Waals surface area contributed by atoms with Crippen molar-refractivity contribution in [3.63, 3.8) is 0 Å². The van der Waals surface area contributed by atoms with Gasteiger partial charge in [0.2, 0.25) is 0 Å². The monoisotopic (exact) mass is 363 g/mol. The molecule has 0 aromatic rings. The lowest BCUT2D eigenvalue weighted by Crippen LogP contribution is -2.39. The van der Waals surface area contributed by atoms with Crippen LogP contribution in [0.25, 0.3) is 0 Å². The van der Waals surface area contributed by atoms with Crippen LogP contribution in [0.5, 0.6) is 0 Å². The predicted molar refractivity (Wildman–Crippen MR) is 111 cm³/mol. The van der Waals surface area contributed by atoms with E-state index in [1.807, 2.05) is 6.92 Å².